The number of nitrogens with one attached hydrogen (secondary N) is 1. The highest BCUT2D eigenvalue weighted by atomic mass is 127. The van der Waals surface area contributed by atoms with Gasteiger partial charge < -0.3 is 10.4 Å². The Morgan fingerprint density at radius 2 is 2.22 bits per heavy atom. The van der Waals surface area contributed by atoms with Gasteiger partial charge in [0.1, 0.15) is 17.7 Å². The number of hydrogen-bond donors (Lipinski definition) is 2. The molecular weight excluding hydrogens is 345 g/mol. The first-order chi connectivity index (χ1) is 8.59. The number of hydrogen-bond acceptors (Lipinski definition) is 4. The number of aromatic carboxylic acids is 1. The average molecular weight is 355 g/mol. The van der Waals surface area contributed by atoms with Gasteiger partial charge >= 0.3 is 5.97 Å². The topological polar surface area (TPSA) is 75.1 Å². The smallest absolute Gasteiger partial charge is 0.341 e. The van der Waals surface area contributed by atoms with Crippen molar-refractivity contribution in [3.05, 3.63) is 45.4 Å². The van der Waals surface area contributed by atoms with E-state index >= 15 is 0 Å². The van der Waals surface area contributed by atoms with E-state index in [9.17, 15) is 4.79 Å². The second-order valence-electron chi connectivity index (χ2n) is 3.63. The van der Waals surface area contributed by atoms with E-state index in [2.05, 4.69) is 37.9 Å². The van der Waals surface area contributed by atoms with Gasteiger partial charge in [-0.25, -0.2) is 14.8 Å². The summed E-state index contributed by atoms with van der Waals surface area (Å²) in [6.45, 7) is 1.96. The quantitative estimate of drug-likeness (QED) is 0.829. The van der Waals surface area contributed by atoms with Crippen LogP contribution in [-0.4, -0.2) is 21.0 Å². The zero-order valence-electron chi connectivity index (χ0n) is 9.51. The summed E-state index contributed by atoms with van der Waals surface area (Å²) in [7, 11) is 0. The summed E-state index contributed by atoms with van der Waals surface area (Å²) >= 11 is 2.23. The summed E-state index contributed by atoms with van der Waals surface area (Å²) in [6.07, 6.45) is 2.60. The zero-order chi connectivity index (χ0) is 13.1. The van der Waals surface area contributed by atoms with Crippen LogP contribution in [0.2, 0.25) is 0 Å². The fourth-order valence-electron chi connectivity index (χ4n) is 1.46. The molecule has 5 nitrogen and oxygen atoms in total. The summed E-state index contributed by atoms with van der Waals surface area (Å²) in [5.74, 6) is -0.760. The maximum Gasteiger partial charge on any atom is 0.341 e. The van der Waals surface area contributed by atoms with Crippen molar-refractivity contribution in [3.63, 3.8) is 0 Å². The zero-order valence-corrected chi connectivity index (χ0v) is 11.7. The van der Waals surface area contributed by atoms with Gasteiger partial charge in [-0.05, 0) is 47.2 Å². The summed E-state index contributed by atoms with van der Waals surface area (Å²) in [6, 6.07) is 5.77. The summed E-state index contributed by atoms with van der Waals surface area (Å²) in [4.78, 5) is 18.7. The first kappa shape index (κ1) is 12.7. The second-order valence-corrected chi connectivity index (χ2v) is 4.79. The Bertz CT molecular complexity index is 602. The largest absolute Gasteiger partial charge is 0.477 e. The Morgan fingerprint density at radius 1 is 1.44 bits per heavy atom. The minimum absolute atomic E-state index is 0.0516. The van der Waals surface area contributed by atoms with Crippen LogP contribution >= 0.6 is 22.6 Å². The van der Waals surface area contributed by atoms with E-state index in [1.54, 1.807) is 0 Å². The molecule has 0 aliphatic heterocycles. The third kappa shape index (κ3) is 2.58. The lowest BCUT2D eigenvalue weighted by Gasteiger charge is -2.11. The lowest BCUT2D eigenvalue weighted by atomic mass is 10.2. The predicted octanol–water partition coefficient (Wildman–Crippen LogP) is 2.83. The summed E-state index contributed by atoms with van der Waals surface area (Å²) in [5, 5.41) is 12.1. The molecular formula is C12H10IN3O2. The number of rotatable bonds is 3. The number of carboxylic acids is 1. The van der Waals surface area contributed by atoms with Crippen LogP contribution in [0.5, 0.6) is 0 Å². The van der Waals surface area contributed by atoms with Gasteiger partial charge in [-0.1, -0.05) is 6.07 Å². The molecule has 0 amide bonds. The van der Waals surface area contributed by atoms with Crippen molar-refractivity contribution >= 4 is 40.1 Å². The molecule has 0 fully saturated rings. The molecule has 0 radical (unpaired) electrons. The molecule has 1 heterocycles. The van der Waals surface area contributed by atoms with E-state index < -0.39 is 5.97 Å². The molecule has 2 aromatic rings. The predicted molar refractivity (Wildman–Crippen MR) is 76.2 cm³/mol. The van der Waals surface area contributed by atoms with Crippen LogP contribution in [0.3, 0.4) is 0 Å². The van der Waals surface area contributed by atoms with Crippen LogP contribution in [0, 0.1) is 10.5 Å². The second kappa shape index (κ2) is 5.30. The van der Waals surface area contributed by atoms with Gasteiger partial charge in [0.05, 0.1) is 0 Å². The fourth-order valence-corrected chi connectivity index (χ4v) is 1.95. The molecule has 6 heteroatoms. The molecule has 18 heavy (non-hydrogen) atoms. The van der Waals surface area contributed by atoms with Crippen LogP contribution in [0.4, 0.5) is 11.5 Å². The van der Waals surface area contributed by atoms with Gasteiger partial charge in [-0.2, -0.15) is 0 Å². The highest BCUT2D eigenvalue weighted by molar-refractivity contribution is 14.1. The molecule has 0 spiro atoms. The fraction of sp³-hybridized carbons (Fsp3) is 0.0833. The highest BCUT2D eigenvalue weighted by Gasteiger charge is 2.12. The Labute approximate surface area is 117 Å². The minimum Gasteiger partial charge on any atom is -0.477 e. The van der Waals surface area contributed by atoms with Gasteiger partial charge in [-0.3, -0.25) is 0 Å². The third-order valence-corrected chi connectivity index (χ3v) is 3.63. The molecule has 0 aliphatic carbocycles. The summed E-state index contributed by atoms with van der Waals surface area (Å²) < 4.78 is 1.10. The average Bonchev–Trinajstić information content (AvgIpc) is 2.35. The maximum absolute atomic E-state index is 11.0. The Morgan fingerprint density at radius 3 is 2.94 bits per heavy atom. The molecule has 0 saturated heterocycles. The van der Waals surface area contributed by atoms with Crippen molar-refractivity contribution in [2.45, 2.75) is 6.92 Å². The van der Waals surface area contributed by atoms with Crippen LogP contribution < -0.4 is 5.32 Å². The molecule has 1 aromatic heterocycles. The molecule has 0 bridgehead atoms. The van der Waals surface area contributed by atoms with Crippen molar-refractivity contribution in [3.8, 4) is 0 Å². The van der Waals surface area contributed by atoms with Gasteiger partial charge in [0.25, 0.3) is 0 Å². The van der Waals surface area contributed by atoms with Gasteiger partial charge in [0.2, 0.25) is 0 Å². The number of halogens is 1. The Kier molecular flexibility index (Phi) is 3.75. The molecule has 1 aromatic carbocycles. The van der Waals surface area contributed by atoms with E-state index in [1.165, 1.54) is 12.5 Å². The van der Waals surface area contributed by atoms with Gasteiger partial charge in [-0.15, -0.1) is 0 Å². The van der Waals surface area contributed by atoms with Crippen molar-refractivity contribution in [2.24, 2.45) is 0 Å². The number of aromatic nitrogens is 2. The number of anilines is 2. The minimum atomic E-state index is -1.05. The summed E-state index contributed by atoms with van der Waals surface area (Å²) in [5.41, 5.74) is 1.94. The van der Waals surface area contributed by atoms with E-state index in [0.717, 1.165) is 14.8 Å². The monoisotopic (exact) mass is 355 g/mol. The molecule has 0 unspecified atom stereocenters. The van der Waals surface area contributed by atoms with E-state index in [1.807, 2.05) is 25.1 Å². The van der Waals surface area contributed by atoms with Crippen LogP contribution in [0.15, 0.2) is 30.7 Å². The van der Waals surface area contributed by atoms with Crippen molar-refractivity contribution in [1.82, 2.24) is 9.97 Å². The van der Waals surface area contributed by atoms with Crippen LogP contribution in [0.1, 0.15) is 15.9 Å². The van der Waals surface area contributed by atoms with Crippen molar-refractivity contribution < 1.29 is 9.90 Å². The molecule has 2 N–H and O–H groups in total. The normalized spacial score (nSPS) is 10.1. The van der Waals surface area contributed by atoms with E-state index in [-0.39, 0.29) is 5.56 Å². The van der Waals surface area contributed by atoms with Crippen molar-refractivity contribution in [1.29, 1.82) is 0 Å². The lowest BCUT2D eigenvalue weighted by molar-refractivity contribution is 0.0697. The van der Waals surface area contributed by atoms with Gasteiger partial charge in [0.15, 0.2) is 0 Å². The number of carbonyl (C=O) groups is 1. The van der Waals surface area contributed by atoms with E-state index in [4.69, 9.17) is 5.11 Å². The van der Waals surface area contributed by atoms with Gasteiger partial charge in [0, 0.05) is 15.5 Å². The van der Waals surface area contributed by atoms with E-state index in [0.29, 0.717) is 5.82 Å². The van der Waals surface area contributed by atoms with Crippen LogP contribution in [-0.2, 0) is 0 Å². The Hall–Kier alpha value is -1.70. The molecule has 0 aliphatic rings. The number of carboxylic acid groups (broad SMARTS) is 1. The maximum atomic E-state index is 11.0. The van der Waals surface area contributed by atoms with Crippen molar-refractivity contribution in [2.75, 3.05) is 5.32 Å². The van der Waals surface area contributed by atoms with Crippen LogP contribution in [0.25, 0.3) is 0 Å². The number of nitrogens with zero attached hydrogens (tertiary/aromatic N) is 2. The standard InChI is InChI=1S/C12H10IN3O2/c1-7-9(13)3-2-4-10(7)16-11-8(12(17)18)5-14-6-15-11/h2-6H,1H3,(H,17,18)(H,14,15,16). The molecule has 0 saturated carbocycles. The first-order valence-corrected chi connectivity index (χ1v) is 6.23. The lowest BCUT2D eigenvalue weighted by Crippen LogP contribution is -2.06. The number of benzene rings is 1. The third-order valence-electron chi connectivity index (χ3n) is 2.46. The SMILES string of the molecule is Cc1c(I)cccc1Nc1ncncc1C(=O)O. The molecule has 0 atom stereocenters. The molecule has 92 valence electrons. The first-order valence-electron chi connectivity index (χ1n) is 5.15. The highest BCUT2D eigenvalue weighted by Crippen LogP contribution is 2.24. The Balaban J connectivity index is 2.40. The molecule has 2 rings (SSSR count).